The van der Waals surface area contributed by atoms with Crippen LogP contribution in [-0.4, -0.2) is 54.1 Å². The van der Waals surface area contributed by atoms with Gasteiger partial charge in [0.05, 0.1) is 34.7 Å². The van der Waals surface area contributed by atoms with Crippen molar-refractivity contribution in [2.45, 2.75) is 40.0 Å². The first-order valence-electron chi connectivity index (χ1n) is 12.7. The van der Waals surface area contributed by atoms with E-state index in [2.05, 4.69) is 40.3 Å². The van der Waals surface area contributed by atoms with Crippen molar-refractivity contribution in [2.75, 3.05) is 23.3 Å². The zero-order valence-electron chi connectivity index (χ0n) is 21.5. The lowest BCUT2D eigenvalue weighted by molar-refractivity contribution is -0.123. The lowest BCUT2D eigenvalue weighted by atomic mass is 9.95. The third kappa shape index (κ3) is 4.23. The van der Waals surface area contributed by atoms with Crippen LogP contribution >= 0.6 is 0 Å². The number of carbonyl (C=O) groups excluding carboxylic acids is 1. The van der Waals surface area contributed by atoms with Crippen molar-refractivity contribution in [3.05, 3.63) is 42.7 Å². The third-order valence-corrected chi connectivity index (χ3v) is 6.78. The van der Waals surface area contributed by atoms with Gasteiger partial charge in [-0.15, -0.1) is 0 Å². The van der Waals surface area contributed by atoms with Crippen LogP contribution in [0.2, 0.25) is 0 Å². The molecule has 5 aromatic heterocycles. The van der Waals surface area contributed by atoms with Crippen LogP contribution in [0.3, 0.4) is 0 Å². The van der Waals surface area contributed by atoms with Crippen LogP contribution in [0.4, 0.5) is 15.8 Å². The SMILES string of the molecule is CC(C)(C)C(=O)Nc1cncc(-c2ncc3[nH]nc(-c4nc5c(N6CCCCC6)ccnc5[nH]4)c3c2F)c1. The van der Waals surface area contributed by atoms with E-state index in [0.29, 0.717) is 33.9 Å². The standard InChI is InChI=1S/C27H28FN9O/c1-27(2,3)26(38)32-16-11-15(12-29-13-16)21-20(28)19-17(14-31-21)35-36-23(19)25-33-22-18(7-8-30-24(22)34-25)37-9-5-4-6-10-37/h7-8,11-14H,4-6,9-10H2,1-3H3,(H,32,38)(H,35,36)(H,30,33,34). The van der Waals surface area contributed by atoms with Gasteiger partial charge in [-0.05, 0) is 31.4 Å². The number of nitrogens with one attached hydrogen (secondary N) is 3. The molecule has 0 spiro atoms. The number of rotatable bonds is 4. The smallest absolute Gasteiger partial charge is 0.229 e. The number of carbonyl (C=O) groups is 1. The Morgan fingerprint density at radius 2 is 1.89 bits per heavy atom. The maximum absolute atomic E-state index is 16.0. The highest BCUT2D eigenvalue weighted by Gasteiger charge is 2.24. The number of pyridine rings is 3. The van der Waals surface area contributed by atoms with Crippen molar-refractivity contribution in [2.24, 2.45) is 5.41 Å². The fourth-order valence-electron chi connectivity index (χ4n) is 4.70. The van der Waals surface area contributed by atoms with Gasteiger partial charge >= 0.3 is 0 Å². The second-order valence-electron chi connectivity index (χ2n) is 10.6. The van der Waals surface area contributed by atoms with E-state index in [0.717, 1.165) is 37.1 Å². The quantitative estimate of drug-likeness (QED) is 0.306. The highest BCUT2D eigenvalue weighted by molar-refractivity contribution is 5.97. The van der Waals surface area contributed by atoms with Crippen LogP contribution in [0.25, 0.3) is 44.8 Å². The summed E-state index contributed by atoms with van der Waals surface area (Å²) in [7, 11) is 0. The molecule has 0 atom stereocenters. The Kier molecular flexibility index (Phi) is 5.77. The number of hydrogen-bond donors (Lipinski definition) is 3. The highest BCUT2D eigenvalue weighted by Crippen LogP contribution is 2.34. The predicted octanol–water partition coefficient (Wildman–Crippen LogP) is 5.07. The maximum Gasteiger partial charge on any atom is 0.229 e. The minimum atomic E-state index is -0.584. The number of halogens is 1. The Bertz CT molecular complexity index is 1660. The van der Waals surface area contributed by atoms with Crippen molar-refractivity contribution in [3.8, 4) is 22.8 Å². The zero-order chi connectivity index (χ0) is 26.4. The number of H-pyrrole nitrogens is 2. The summed E-state index contributed by atoms with van der Waals surface area (Å²) in [5.74, 6) is -0.305. The van der Waals surface area contributed by atoms with E-state index in [4.69, 9.17) is 4.98 Å². The van der Waals surface area contributed by atoms with Gasteiger partial charge in [-0.25, -0.2) is 14.4 Å². The van der Waals surface area contributed by atoms with Gasteiger partial charge in [0.15, 0.2) is 17.3 Å². The molecule has 1 fully saturated rings. The first kappa shape index (κ1) is 24.0. The van der Waals surface area contributed by atoms with Crippen molar-refractivity contribution in [1.29, 1.82) is 0 Å². The van der Waals surface area contributed by atoms with Gasteiger partial charge in [-0.3, -0.25) is 19.9 Å². The molecule has 0 bridgehead atoms. The maximum atomic E-state index is 16.0. The Balaban J connectivity index is 1.41. The van der Waals surface area contributed by atoms with Crippen molar-refractivity contribution >= 4 is 39.3 Å². The minimum absolute atomic E-state index is 0.0998. The summed E-state index contributed by atoms with van der Waals surface area (Å²) < 4.78 is 16.0. The molecule has 1 aliphatic rings. The zero-order valence-corrected chi connectivity index (χ0v) is 21.5. The van der Waals surface area contributed by atoms with Crippen LogP contribution in [0.1, 0.15) is 40.0 Å². The molecular formula is C27H28FN9O. The molecule has 5 aromatic rings. The number of piperidine rings is 1. The molecule has 10 nitrogen and oxygen atoms in total. The Morgan fingerprint density at radius 3 is 2.68 bits per heavy atom. The molecular weight excluding hydrogens is 485 g/mol. The Morgan fingerprint density at radius 1 is 1.08 bits per heavy atom. The van der Waals surface area contributed by atoms with Gasteiger partial charge in [0.2, 0.25) is 5.91 Å². The molecule has 1 saturated heterocycles. The second-order valence-corrected chi connectivity index (χ2v) is 10.6. The van der Waals surface area contributed by atoms with Gasteiger partial charge in [0.1, 0.15) is 16.9 Å². The Hall–Kier alpha value is -4.41. The molecule has 3 N–H and O–H groups in total. The molecule has 1 amide bonds. The van der Waals surface area contributed by atoms with Gasteiger partial charge in [-0.1, -0.05) is 20.8 Å². The number of nitrogens with zero attached hydrogens (tertiary/aromatic N) is 6. The first-order valence-corrected chi connectivity index (χ1v) is 12.7. The van der Waals surface area contributed by atoms with E-state index in [1.807, 2.05) is 26.8 Å². The summed E-state index contributed by atoms with van der Waals surface area (Å²) >= 11 is 0. The molecule has 6 heterocycles. The fraction of sp³-hybridized carbons (Fsp3) is 0.333. The van der Waals surface area contributed by atoms with Crippen LogP contribution < -0.4 is 10.2 Å². The number of imidazole rings is 1. The molecule has 11 heteroatoms. The highest BCUT2D eigenvalue weighted by atomic mass is 19.1. The monoisotopic (exact) mass is 513 g/mol. The molecule has 0 aromatic carbocycles. The van der Waals surface area contributed by atoms with E-state index >= 15 is 4.39 Å². The van der Waals surface area contributed by atoms with Crippen molar-refractivity contribution in [3.63, 3.8) is 0 Å². The summed E-state index contributed by atoms with van der Waals surface area (Å²) in [4.78, 5) is 35.7. The van der Waals surface area contributed by atoms with E-state index in [-0.39, 0.29) is 17.0 Å². The summed E-state index contributed by atoms with van der Waals surface area (Å²) in [5.41, 5.74) is 3.57. The van der Waals surface area contributed by atoms with Crippen LogP contribution in [0.15, 0.2) is 36.9 Å². The topological polar surface area (TPSA) is 128 Å². The lowest BCUT2D eigenvalue weighted by Crippen LogP contribution is -2.29. The van der Waals surface area contributed by atoms with Crippen LogP contribution in [0, 0.1) is 11.2 Å². The number of anilines is 2. The summed E-state index contributed by atoms with van der Waals surface area (Å²) in [6.07, 6.45) is 9.84. The van der Waals surface area contributed by atoms with Gasteiger partial charge in [0.25, 0.3) is 0 Å². The Labute approximate surface area is 218 Å². The second kappa shape index (κ2) is 9.16. The normalized spacial score (nSPS) is 14.4. The molecule has 38 heavy (non-hydrogen) atoms. The van der Waals surface area contributed by atoms with E-state index in [1.54, 1.807) is 12.3 Å². The third-order valence-electron chi connectivity index (χ3n) is 6.78. The van der Waals surface area contributed by atoms with Crippen LogP contribution in [0.5, 0.6) is 0 Å². The van der Waals surface area contributed by atoms with Crippen LogP contribution in [-0.2, 0) is 4.79 Å². The lowest BCUT2D eigenvalue weighted by Gasteiger charge is -2.28. The summed E-state index contributed by atoms with van der Waals surface area (Å²) in [5, 5.41) is 10.3. The predicted molar refractivity (Wildman–Crippen MR) is 144 cm³/mol. The number of aromatic amines is 2. The largest absolute Gasteiger partial charge is 0.370 e. The molecule has 0 saturated carbocycles. The molecule has 194 valence electrons. The summed E-state index contributed by atoms with van der Waals surface area (Å²) in [6.45, 7) is 7.40. The number of hydrogen-bond acceptors (Lipinski definition) is 7. The molecule has 0 unspecified atom stereocenters. The van der Waals surface area contributed by atoms with Crippen molar-refractivity contribution < 1.29 is 9.18 Å². The first-order chi connectivity index (χ1) is 18.3. The molecule has 6 rings (SSSR count). The number of fused-ring (bicyclic) bond motifs is 2. The molecule has 0 radical (unpaired) electrons. The van der Waals surface area contributed by atoms with Gasteiger partial charge in [0, 0.05) is 36.5 Å². The van der Waals surface area contributed by atoms with Crippen molar-refractivity contribution in [1.82, 2.24) is 35.1 Å². The minimum Gasteiger partial charge on any atom is -0.370 e. The van der Waals surface area contributed by atoms with E-state index in [1.165, 1.54) is 25.0 Å². The van der Waals surface area contributed by atoms with Gasteiger partial charge in [-0.2, -0.15) is 5.10 Å². The number of amides is 1. The average molecular weight is 514 g/mol. The fourth-order valence-corrected chi connectivity index (χ4v) is 4.70. The number of aromatic nitrogens is 7. The van der Waals surface area contributed by atoms with E-state index < -0.39 is 11.2 Å². The average Bonchev–Trinajstić information content (AvgIpc) is 3.54. The summed E-state index contributed by atoms with van der Waals surface area (Å²) in [6, 6.07) is 3.63. The molecule has 1 aliphatic heterocycles. The van der Waals surface area contributed by atoms with Gasteiger partial charge < -0.3 is 15.2 Å². The van der Waals surface area contributed by atoms with E-state index in [9.17, 15) is 4.79 Å². The molecule has 0 aliphatic carbocycles.